The molecule has 0 bridgehead atoms. The topological polar surface area (TPSA) is 108 Å². The van der Waals surface area contributed by atoms with E-state index in [9.17, 15) is 4.79 Å². The Morgan fingerprint density at radius 1 is 1.00 bits per heavy atom. The van der Waals surface area contributed by atoms with Gasteiger partial charge in [-0.1, -0.05) is 42.5 Å². The molecule has 0 aliphatic carbocycles. The maximum Gasteiger partial charge on any atom is 0.268 e. The number of nitrogens with two attached hydrogens (primary N) is 1. The van der Waals surface area contributed by atoms with Crippen molar-refractivity contribution in [1.82, 2.24) is 20.2 Å². The highest BCUT2D eigenvalue weighted by Gasteiger charge is 2.17. The summed E-state index contributed by atoms with van der Waals surface area (Å²) in [4.78, 5) is 20.5. The highest BCUT2D eigenvalue weighted by molar-refractivity contribution is 5.80. The Hall–Kier alpha value is -3.87. The fourth-order valence-corrected chi connectivity index (χ4v) is 2.91. The fraction of sp³-hybridized carbons (Fsp3) is 0.0952. The van der Waals surface area contributed by atoms with Gasteiger partial charge in [-0.25, -0.2) is 4.98 Å². The van der Waals surface area contributed by atoms with E-state index in [0.29, 0.717) is 23.0 Å². The van der Waals surface area contributed by atoms with Gasteiger partial charge < -0.3 is 10.2 Å². The fourth-order valence-electron chi connectivity index (χ4n) is 2.91. The Bertz CT molecular complexity index is 1140. The van der Waals surface area contributed by atoms with Crippen LogP contribution in [0.4, 0.5) is 0 Å². The number of aromatic nitrogens is 4. The summed E-state index contributed by atoms with van der Waals surface area (Å²) in [5.41, 5.74) is 9.55. The number of amides is 1. The van der Waals surface area contributed by atoms with E-state index in [1.54, 1.807) is 6.20 Å². The number of hydrogen-bond donors (Lipinski definition) is 1. The summed E-state index contributed by atoms with van der Waals surface area (Å²) >= 11 is 0. The zero-order chi connectivity index (χ0) is 19.5. The van der Waals surface area contributed by atoms with E-state index in [0.717, 1.165) is 16.7 Å². The Kier molecular flexibility index (Phi) is 4.63. The quantitative estimate of drug-likeness (QED) is 0.577. The van der Waals surface area contributed by atoms with Crippen LogP contribution in [0, 0.1) is 6.92 Å². The van der Waals surface area contributed by atoms with Crippen LogP contribution in [-0.4, -0.2) is 26.1 Å². The lowest BCUT2D eigenvalue weighted by atomic mass is 10.0. The van der Waals surface area contributed by atoms with Crippen LogP contribution in [0.1, 0.15) is 11.3 Å². The van der Waals surface area contributed by atoms with Gasteiger partial charge in [-0.2, -0.15) is 0 Å². The van der Waals surface area contributed by atoms with Crippen molar-refractivity contribution in [1.29, 1.82) is 0 Å². The number of carbonyl (C=O) groups is 1. The van der Waals surface area contributed by atoms with Crippen molar-refractivity contribution in [3.63, 3.8) is 0 Å². The molecule has 0 atom stereocenters. The van der Waals surface area contributed by atoms with Gasteiger partial charge in [0, 0.05) is 11.1 Å². The van der Waals surface area contributed by atoms with Crippen molar-refractivity contribution in [3.8, 4) is 34.3 Å². The van der Waals surface area contributed by atoms with Crippen molar-refractivity contribution in [2.45, 2.75) is 13.3 Å². The molecule has 0 radical (unpaired) electrons. The lowest BCUT2D eigenvalue weighted by molar-refractivity contribution is -0.117. The predicted octanol–water partition coefficient (Wildman–Crippen LogP) is 3.20. The number of primary amides is 1. The number of aryl methyl sites for hydroxylation is 1. The van der Waals surface area contributed by atoms with Gasteiger partial charge in [0.2, 0.25) is 11.8 Å². The minimum Gasteiger partial charge on any atom is -0.415 e. The van der Waals surface area contributed by atoms with Gasteiger partial charge in [0.25, 0.3) is 5.89 Å². The Morgan fingerprint density at radius 3 is 2.50 bits per heavy atom. The van der Waals surface area contributed by atoms with Crippen LogP contribution >= 0.6 is 0 Å². The van der Waals surface area contributed by atoms with Gasteiger partial charge in [-0.3, -0.25) is 9.78 Å². The van der Waals surface area contributed by atoms with Gasteiger partial charge in [-0.05, 0) is 24.6 Å². The van der Waals surface area contributed by atoms with Crippen LogP contribution in [0.25, 0.3) is 34.3 Å². The van der Waals surface area contributed by atoms with Crippen LogP contribution in [0.15, 0.2) is 65.2 Å². The zero-order valence-corrected chi connectivity index (χ0v) is 15.2. The molecule has 0 fully saturated rings. The van der Waals surface area contributed by atoms with Crippen molar-refractivity contribution in [2.24, 2.45) is 5.73 Å². The molecule has 138 valence electrons. The summed E-state index contributed by atoms with van der Waals surface area (Å²) in [5, 5.41) is 8.25. The molecule has 0 saturated heterocycles. The van der Waals surface area contributed by atoms with Crippen LogP contribution in [0.2, 0.25) is 0 Å². The molecule has 28 heavy (non-hydrogen) atoms. The molecule has 7 heteroatoms. The Balaban J connectivity index is 1.75. The van der Waals surface area contributed by atoms with Crippen LogP contribution in [-0.2, 0) is 11.2 Å². The second-order valence-corrected chi connectivity index (χ2v) is 6.27. The number of carbonyl (C=O) groups excluding carboxylic acids is 1. The maximum atomic E-state index is 11.4. The summed E-state index contributed by atoms with van der Waals surface area (Å²) in [7, 11) is 0. The molecule has 1 amide bonds. The minimum absolute atomic E-state index is 0.125. The number of nitrogens with zero attached hydrogens (tertiary/aromatic N) is 4. The van der Waals surface area contributed by atoms with Crippen molar-refractivity contribution in [3.05, 3.63) is 72.1 Å². The monoisotopic (exact) mass is 371 g/mol. The first-order valence-corrected chi connectivity index (χ1v) is 8.71. The molecule has 2 aromatic carbocycles. The molecule has 0 unspecified atom stereocenters. The lowest BCUT2D eigenvalue weighted by Gasteiger charge is -2.09. The van der Waals surface area contributed by atoms with E-state index in [1.165, 1.54) is 0 Å². The lowest BCUT2D eigenvalue weighted by Crippen LogP contribution is -2.14. The molecule has 0 aliphatic heterocycles. The third-order valence-corrected chi connectivity index (χ3v) is 4.26. The van der Waals surface area contributed by atoms with E-state index in [4.69, 9.17) is 10.2 Å². The smallest absolute Gasteiger partial charge is 0.268 e. The first kappa shape index (κ1) is 17.5. The zero-order valence-electron chi connectivity index (χ0n) is 15.2. The van der Waals surface area contributed by atoms with Gasteiger partial charge in [0.1, 0.15) is 5.69 Å². The number of benzene rings is 2. The standard InChI is InChI=1S/C21H17N5O2/c1-13-19(21-26-25-20(28-21)14-7-3-2-4-8-14)24-17(12-23-13)16-10-6-5-9-15(16)11-18(22)27/h2-10,12H,11H2,1H3,(H2,22,27). The van der Waals surface area contributed by atoms with E-state index in [2.05, 4.69) is 20.2 Å². The molecular weight excluding hydrogens is 354 g/mol. The van der Waals surface area contributed by atoms with Gasteiger partial charge in [-0.15, -0.1) is 10.2 Å². The SMILES string of the molecule is Cc1ncc(-c2ccccc2CC(N)=O)nc1-c1nnc(-c2ccccc2)o1. The third kappa shape index (κ3) is 3.50. The average molecular weight is 371 g/mol. The Labute approximate surface area is 161 Å². The van der Waals surface area contributed by atoms with Gasteiger partial charge in [0.15, 0.2) is 0 Å². The molecule has 0 aliphatic rings. The Morgan fingerprint density at radius 2 is 1.71 bits per heavy atom. The first-order chi connectivity index (χ1) is 13.6. The van der Waals surface area contributed by atoms with Gasteiger partial charge in [0.05, 0.1) is 24.0 Å². The highest BCUT2D eigenvalue weighted by Crippen LogP contribution is 2.28. The van der Waals surface area contributed by atoms with E-state index in [1.807, 2.05) is 61.5 Å². The van der Waals surface area contributed by atoms with Crippen LogP contribution in [0.3, 0.4) is 0 Å². The molecule has 0 spiro atoms. The minimum atomic E-state index is -0.405. The number of hydrogen-bond acceptors (Lipinski definition) is 6. The predicted molar refractivity (Wildman–Crippen MR) is 104 cm³/mol. The molecule has 7 nitrogen and oxygen atoms in total. The van der Waals surface area contributed by atoms with E-state index in [-0.39, 0.29) is 12.3 Å². The summed E-state index contributed by atoms with van der Waals surface area (Å²) < 4.78 is 5.82. The summed E-state index contributed by atoms with van der Waals surface area (Å²) in [5.74, 6) is 0.298. The van der Waals surface area contributed by atoms with Crippen molar-refractivity contribution < 1.29 is 9.21 Å². The molecule has 0 saturated carbocycles. The van der Waals surface area contributed by atoms with Crippen molar-refractivity contribution >= 4 is 5.91 Å². The largest absolute Gasteiger partial charge is 0.415 e. The van der Waals surface area contributed by atoms with E-state index >= 15 is 0 Å². The molecule has 2 heterocycles. The molecule has 4 aromatic rings. The average Bonchev–Trinajstić information content (AvgIpc) is 3.19. The number of rotatable bonds is 5. The molecule has 2 aromatic heterocycles. The second kappa shape index (κ2) is 7.40. The summed E-state index contributed by atoms with van der Waals surface area (Å²) in [6, 6.07) is 17.0. The van der Waals surface area contributed by atoms with E-state index < -0.39 is 5.91 Å². The second-order valence-electron chi connectivity index (χ2n) is 6.27. The van der Waals surface area contributed by atoms with Gasteiger partial charge >= 0.3 is 0 Å². The van der Waals surface area contributed by atoms with Crippen LogP contribution < -0.4 is 5.73 Å². The summed E-state index contributed by atoms with van der Waals surface area (Å²) in [6.45, 7) is 1.83. The highest BCUT2D eigenvalue weighted by atomic mass is 16.4. The maximum absolute atomic E-state index is 11.4. The normalized spacial score (nSPS) is 10.8. The first-order valence-electron chi connectivity index (χ1n) is 8.71. The van der Waals surface area contributed by atoms with Crippen molar-refractivity contribution in [2.75, 3.05) is 0 Å². The summed E-state index contributed by atoms with van der Waals surface area (Å²) in [6.07, 6.45) is 1.78. The van der Waals surface area contributed by atoms with Crippen LogP contribution in [0.5, 0.6) is 0 Å². The molecule has 2 N–H and O–H groups in total. The molecule has 4 rings (SSSR count). The molecular formula is C21H17N5O2. The third-order valence-electron chi connectivity index (χ3n) is 4.26.